The Hall–Kier alpha value is -0.780. The van der Waals surface area contributed by atoms with Crippen LogP contribution in [0.1, 0.15) is 64.7 Å². The molecule has 0 spiro atoms. The molecule has 0 saturated heterocycles. The average Bonchev–Trinajstić information content (AvgIpc) is 2.31. The highest BCUT2D eigenvalue weighted by molar-refractivity contribution is 4.93. The molecule has 0 fully saturated rings. The molecule has 0 aliphatic carbocycles. The van der Waals surface area contributed by atoms with Gasteiger partial charge in [-0.15, -0.1) is 0 Å². The summed E-state index contributed by atoms with van der Waals surface area (Å²) in [6.45, 7) is 7.54. The van der Waals surface area contributed by atoms with Crippen molar-refractivity contribution in [1.82, 2.24) is 0 Å². The zero-order valence-corrected chi connectivity index (χ0v) is 10.8. The van der Waals surface area contributed by atoms with Crippen LogP contribution in [0.15, 0.2) is 30.4 Å². The lowest BCUT2D eigenvalue weighted by molar-refractivity contribution is 0.637. The minimum Gasteiger partial charge on any atom is -0.0882 e. The summed E-state index contributed by atoms with van der Waals surface area (Å²) in [5.41, 5.74) is 0. The Balaban J connectivity index is 3.15. The largest absolute Gasteiger partial charge is 0.0882 e. The van der Waals surface area contributed by atoms with E-state index in [4.69, 9.17) is 6.58 Å². The van der Waals surface area contributed by atoms with Gasteiger partial charge in [-0.05, 0) is 32.1 Å². The van der Waals surface area contributed by atoms with Crippen LogP contribution in [0.25, 0.3) is 0 Å². The van der Waals surface area contributed by atoms with Gasteiger partial charge in [0, 0.05) is 0 Å². The zero-order chi connectivity index (χ0) is 11.9. The van der Waals surface area contributed by atoms with Crippen molar-refractivity contribution in [3.05, 3.63) is 37.0 Å². The summed E-state index contributed by atoms with van der Waals surface area (Å²) < 4.78 is 0. The first-order valence-electron chi connectivity index (χ1n) is 6.75. The molecule has 0 rings (SSSR count). The Bertz CT molecular complexity index is 186. The molecule has 1 radical (unpaired) electrons. The second-order valence-corrected chi connectivity index (χ2v) is 4.19. The molecule has 0 aliphatic heterocycles. The molecule has 0 heteroatoms. The van der Waals surface area contributed by atoms with Gasteiger partial charge >= 0.3 is 0 Å². The van der Waals surface area contributed by atoms with Crippen LogP contribution in [0.4, 0.5) is 0 Å². The Morgan fingerprint density at radius 2 is 1.44 bits per heavy atom. The highest BCUT2D eigenvalue weighted by Crippen LogP contribution is 2.05. The van der Waals surface area contributed by atoms with Crippen molar-refractivity contribution in [2.45, 2.75) is 64.7 Å². The minimum absolute atomic E-state index is 0.984. The highest BCUT2D eigenvalue weighted by atomic mass is 13.9. The summed E-state index contributed by atoms with van der Waals surface area (Å²) in [6.07, 6.45) is 22.0. The van der Waals surface area contributed by atoms with Crippen molar-refractivity contribution in [2.24, 2.45) is 0 Å². The summed E-state index contributed by atoms with van der Waals surface area (Å²) in [7, 11) is 0. The minimum atomic E-state index is 0.984. The first-order chi connectivity index (χ1) is 7.91. The number of allylic oxidation sites excluding steroid dienone is 5. The fraction of sp³-hybridized carbons (Fsp3) is 0.625. The molecule has 16 heavy (non-hydrogen) atoms. The fourth-order valence-electron chi connectivity index (χ4n) is 1.56. The van der Waals surface area contributed by atoms with Gasteiger partial charge < -0.3 is 0 Å². The van der Waals surface area contributed by atoms with Crippen LogP contribution in [0, 0.1) is 6.58 Å². The maximum absolute atomic E-state index is 5.29. The molecule has 0 amide bonds. The third-order valence-corrected chi connectivity index (χ3v) is 2.58. The van der Waals surface area contributed by atoms with Gasteiger partial charge in [-0.1, -0.05) is 69.6 Å². The Kier molecular flexibility index (Phi) is 13.5. The van der Waals surface area contributed by atoms with E-state index < -0.39 is 0 Å². The summed E-state index contributed by atoms with van der Waals surface area (Å²) in [5, 5.41) is 0. The van der Waals surface area contributed by atoms with Gasteiger partial charge in [-0.25, -0.2) is 0 Å². The fourth-order valence-corrected chi connectivity index (χ4v) is 1.56. The van der Waals surface area contributed by atoms with Crippen molar-refractivity contribution in [3.63, 3.8) is 0 Å². The van der Waals surface area contributed by atoms with E-state index >= 15 is 0 Å². The quantitative estimate of drug-likeness (QED) is 0.312. The van der Waals surface area contributed by atoms with Gasteiger partial charge in [0.15, 0.2) is 0 Å². The second kappa shape index (κ2) is 14.2. The van der Waals surface area contributed by atoms with Crippen LogP contribution in [0.2, 0.25) is 0 Å². The maximum atomic E-state index is 5.29. The lowest BCUT2D eigenvalue weighted by Gasteiger charge is -1.95. The molecule has 0 aromatic heterocycles. The van der Waals surface area contributed by atoms with Gasteiger partial charge in [0.05, 0.1) is 0 Å². The topological polar surface area (TPSA) is 0 Å². The molecule has 0 heterocycles. The van der Waals surface area contributed by atoms with Gasteiger partial charge in [0.2, 0.25) is 0 Å². The number of hydrogen-bond donors (Lipinski definition) is 0. The van der Waals surface area contributed by atoms with Gasteiger partial charge in [-0.3, -0.25) is 0 Å². The molecule has 91 valence electrons. The zero-order valence-electron chi connectivity index (χ0n) is 10.8. The van der Waals surface area contributed by atoms with Gasteiger partial charge in [0.1, 0.15) is 0 Å². The SMILES string of the molecule is [CH]=CCCC=CCC=CCCCCCCC. The van der Waals surface area contributed by atoms with Crippen molar-refractivity contribution in [2.75, 3.05) is 0 Å². The van der Waals surface area contributed by atoms with E-state index in [0.717, 1.165) is 19.3 Å². The Labute approximate surface area is 102 Å². The summed E-state index contributed by atoms with van der Waals surface area (Å²) in [6, 6.07) is 0. The molecule has 0 aromatic carbocycles. The van der Waals surface area contributed by atoms with Crippen LogP contribution in [-0.4, -0.2) is 0 Å². The molecule has 0 saturated carbocycles. The molecule has 0 unspecified atom stereocenters. The standard InChI is InChI=1S/C16H27/c1-3-5-7-9-11-13-15-16-14-12-10-8-6-4-2/h1,3,9,11,15-16H,4-8,10,12-14H2,2H3. The van der Waals surface area contributed by atoms with E-state index in [1.165, 1.54) is 38.5 Å². The van der Waals surface area contributed by atoms with Crippen LogP contribution < -0.4 is 0 Å². The summed E-state index contributed by atoms with van der Waals surface area (Å²) >= 11 is 0. The third-order valence-electron chi connectivity index (χ3n) is 2.58. The summed E-state index contributed by atoms with van der Waals surface area (Å²) in [5.74, 6) is 0. The lowest BCUT2D eigenvalue weighted by atomic mass is 10.1. The lowest BCUT2D eigenvalue weighted by Crippen LogP contribution is -1.75. The summed E-state index contributed by atoms with van der Waals surface area (Å²) in [4.78, 5) is 0. The van der Waals surface area contributed by atoms with E-state index in [2.05, 4.69) is 31.2 Å². The Morgan fingerprint density at radius 1 is 0.750 bits per heavy atom. The van der Waals surface area contributed by atoms with Gasteiger partial charge in [0.25, 0.3) is 0 Å². The van der Waals surface area contributed by atoms with Crippen LogP contribution in [0.3, 0.4) is 0 Å². The monoisotopic (exact) mass is 219 g/mol. The van der Waals surface area contributed by atoms with Crippen molar-refractivity contribution < 1.29 is 0 Å². The van der Waals surface area contributed by atoms with Crippen molar-refractivity contribution in [1.29, 1.82) is 0 Å². The first kappa shape index (κ1) is 15.2. The average molecular weight is 219 g/mol. The van der Waals surface area contributed by atoms with Crippen molar-refractivity contribution in [3.8, 4) is 0 Å². The predicted molar refractivity (Wildman–Crippen MR) is 74.4 cm³/mol. The first-order valence-corrected chi connectivity index (χ1v) is 6.75. The molecular weight excluding hydrogens is 192 g/mol. The highest BCUT2D eigenvalue weighted by Gasteiger charge is 1.85. The molecule has 0 atom stereocenters. The van der Waals surface area contributed by atoms with Crippen molar-refractivity contribution >= 4 is 0 Å². The van der Waals surface area contributed by atoms with E-state index in [-0.39, 0.29) is 0 Å². The smallest absolute Gasteiger partial charge is 0.0169 e. The number of rotatable bonds is 11. The van der Waals surface area contributed by atoms with Crippen LogP contribution in [0.5, 0.6) is 0 Å². The molecule has 0 aliphatic rings. The van der Waals surface area contributed by atoms with Gasteiger partial charge in [-0.2, -0.15) is 0 Å². The van der Waals surface area contributed by atoms with E-state index in [1.807, 2.05) is 0 Å². The predicted octanol–water partition coefficient (Wildman–Crippen LogP) is 5.62. The molecule has 0 nitrogen and oxygen atoms in total. The van der Waals surface area contributed by atoms with E-state index in [0.29, 0.717) is 0 Å². The number of unbranched alkanes of at least 4 members (excludes halogenated alkanes) is 6. The van der Waals surface area contributed by atoms with Crippen LogP contribution in [-0.2, 0) is 0 Å². The third kappa shape index (κ3) is 13.2. The van der Waals surface area contributed by atoms with E-state index in [1.54, 1.807) is 6.08 Å². The van der Waals surface area contributed by atoms with E-state index in [9.17, 15) is 0 Å². The normalized spacial score (nSPS) is 11.6. The molecule has 0 N–H and O–H groups in total. The molecule has 0 aromatic rings. The Morgan fingerprint density at radius 3 is 2.12 bits per heavy atom. The number of hydrogen-bond acceptors (Lipinski definition) is 0. The maximum Gasteiger partial charge on any atom is -0.0169 e. The second-order valence-electron chi connectivity index (χ2n) is 4.19. The molecular formula is C16H27. The molecule has 0 bridgehead atoms. The van der Waals surface area contributed by atoms with Crippen LogP contribution >= 0.6 is 0 Å².